The first-order chi connectivity index (χ1) is 25.2. The topological polar surface area (TPSA) is 368 Å². The summed E-state index contributed by atoms with van der Waals surface area (Å²) in [6.07, 6.45) is -31.0. The number of aromatic nitrogens is 3. The SMILES string of the molecule is CCO[C@H]1O[C@H](Cn2cc(CO[C@@H]3OC(CO)[C@@H](O[C@H]4OC(CO)[C@@H](O[C@H]5OC(CO)[C@@H](O)[C@H](O)C5O)[C@H](O)C4O)[C@H](O)C3O)nn2)[C@@H](O)[C@H](O)[C@@H]1O. The van der Waals surface area contributed by atoms with Gasteiger partial charge in [0, 0.05) is 6.61 Å². The van der Waals surface area contributed by atoms with Crippen molar-refractivity contribution in [2.75, 3.05) is 26.4 Å². The summed E-state index contributed by atoms with van der Waals surface area (Å²) in [5, 5.41) is 142. The maximum atomic E-state index is 11.0. The van der Waals surface area contributed by atoms with Crippen molar-refractivity contribution in [1.82, 2.24) is 15.0 Å². The highest BCUT2D eigenvalue weighted by Crippen LogP contribution is 2.33. The summed E-state index contributed by atoms with van der Waals surface area (Å²) in [6.45, 7) is -1.08. The molecular weight excluding hydrogens is 726 g/mol. The average Bonchev–Trinajstić information content (AvgIpc) is 3.60. The lowest BCUT2D eigenvalue weighted by Gasteiger charge is -2.48. The maximum absolute atomic E-state index is 11.0. The molecular formula is C29H49N3O21. The van der Waals surface area contributed by atoms with Crippen molar-refractivity contribution in [3.63, 3.8) is 0 Å². The normalized spacial score (nSPS) is 46.8. The van der Waals surface area contributed by atoms with Gasteiger partial charge in [0.05, 0.1) is 39.2 Å². The number of hydrogen-bond acceptors (Lipinski definition) is 23. The van der Waals surface area contributed by atoms with Gasteiger partial charge in [-0.1, -0.05) is 5.21 Å². The molecule has 0 aliphatic carbocycles. The smallest absolute Gasteiger partial charge is 0.187 e. The summed E-state index contributed by atoms with van der Waals surface area (Å²) in [6, 6.07) is 0. The molecule has 0 amide bonds. The molecule has 1 aromatic rings. The van der Waals surface area contributed by atoms with Crippen LogP contribution in [0, 0.1) is 0 Å². The first kappa shape index (κ1) is 42.4. The Morgan fingerprint density at radius 3 is 1.53 bits per heavy atom. The predicted molar refractivity (Wildman–Crippen MR) is 162 cm³/mol. The highest BCUT2D eigenvalue weighted by Gasteiger charge is 2.53. The highest BCUT2D eigenvalue weighted by atomic mass is 16.8. The molecule has 13 N–H and O–H groups in total. The maximum Gasteiger partial charge on any atom is 0.187 e. The Morgan fingerprint density at radius 1 is 0.547 bits per heavy atom. The molecule has 0 saturated carbocycles. The summed E-state index contributed by atoms with van der Waals surface area (Å²) in [5.74, 6) is 0. The summed E-state index contributed by atoms with van der Waals surface area (Å²) in [4.78, 5) is 0. The fourth-order valence-corrected chi connectivity index (χ4v) is 6.40. The van der Waals surface area contributed by atoms with Gasteiger partial charge in [0.15, 0.2) is 25.2 Å². The first-order valence-corrected chi connectivity index (χ1v) is 16.9. The Labute approximate surface area is 300 Å². The van der Waals surface area contributed by atoms with Crippen molar-refractivity contribution < 1.29 is 104 Å². The lowest BCUT2D eigenvalue weighted by molar-refractivity contribution is -0.379. The van der Waals surface area contributed by atoms with E-state index in [1.807, 2.05) is 0 Å². The highest BCUT2D eigenvalue weighted by molar-refractivity contribution is 4.98. The number of hydrogen-bond donors (Lipinski definition) is 13. The van der Waals surface area contributed by atoms with E-state index in [9.17, 15) is 66.4 Å². The van der Waals surface area contributed by atoms with Crippen LogP contribution in [-0.2, 0) is 51.0 Å². The van der Waals surface area contributed by atoms with Crippen molar-refractivity contribution in [3.05, 3.63) is 11.9 Å². The minimum atomic E-state index is -1.98. The van der Waals surface area contributed by atoms with Gasteiger partial charge in [0.25, 0.3) is 0 Å². The molecule has 5 rings (SSSR count). The molecule has 5 heterocycles. The van der Waals surface area contributed by atoms with Crippen LogP contribution in [-0.4, -0.2) is 231 Å². The molecule has 306 valence electrons. The van der Waals surface area contributed by atoms with Crippen LogP contribution in [0.15, 0.2) is 6.20 Å². The van der Waals surface area contributed by atoms with E-state index in [-0.39, 0.29) is 25.5 Å². The van der Waals surface area contributed by atoms with E-state index in [4.69, 9.17) is 37.9 Å². The Bertz CT molecular complexity index is 1260. The van der Waals surface area contributed by atoms with Crippen LogP contribution in [0.2, 0.25) is 0 Å². The second-order valence-electron chi connectivity index (χ2n) is 13.0. The summed E-state index contributed by atoms with van der Waals surface area (Å²) >= 11 is 0. The van der Waals surface area contributed by atoms with Crippen LogP contribution >= 0.6 is 0 Å². The van der Waals surface area contributed by atoms with Crippen LogP contribution in [0.4, 0.5) is 0 Å². The van der Waals surface area contributed by atoms with Gasteiger partial charge >= 0.3 is 0 Å². The zero-order chi connectivity index (χ0) is 38.7. The molecule has 0 radical (unpaired) electrons. The Morgan fingerprint density at radius 2 is 0.981 bits per heavy atom. The van der Waals surface area contributed by atoms with E-state index in [1.54, 1.807) is 6.92 Å². The number of aliphatic hydroxyl groups is 13. The van der Waals surface area contributed by atoms with Crippen LogP contribution < -0.4 is 0 Å². The molecule has 0 spiro atoms. The predicted octanol–water partition coefficient (Wildman–Crippen LogP) is -8.91. The van der Waals surface area contributed by atoms with Crippen LogP contribution in [0.3, 0.4) is 0 Å². The molecule has 24 nitrogen and oxygen atoms in total. The molecule has 20 atom stereocenters. The quantitative estimate of drug-likeness (QED) is 0.0834. The summed E-state index contributed by atoms with van der Waals surface area (Å²) < 4.78 is 45.3. The van der Waals surface area contributed by atoms with Crippen LogP contribution in [0.1, 0.15) is 12.6 Å². The van der Waals surface area contributed by atoms with Gasteiger partial charge < -0.3 is 104 Å². The second-order valence-corrected chi connectivity index (χ2v) is 13.0. The van der Waals surface area contributed by atoms with Gasteiger partial charge in [0.2, 0.25) is 0 Å². The molecule has 4 aliphatic rings. The molecule has 53 heavy (non-hydrogen) atoms. The minimum Gasteiger partial charge on any atom is -0.394 e. The van der Waals surface area contributed by atoms with E-state index < -0.39 is 143 Å². The van der Waals surface area contributed by atoms with Crippen molar-refractivity contribution in [3.8, 4) is 0 Å². The Kier molecular flexibility index (Phi) is 14.8. The van der Waals surface area contributed by atoms with Gasteiger partial charge in [-0.2, -0.15) is 0 Å². The third-order valence-electron chi connectivity index (χ3n) is 9.42. The van der Waals surface area contributed by atoms with E-state index in [0.717, 1.165) is 0 Å². The molecule has 1 aromatic heterocycles. The van der Waals surface area contributed by atoms with Gasteiger partial charge in [-0.3, -0.25) is 0 Å². The molecule has 4 aliphatic heterocycles. The third-order valence-corrected chi connectivity index (χ3v) is 9.42. The number of ether oxygens (including phenoxy) is 8. The van der Waals surface area contributed by atoms with Gasteiger partial charge in [-0.25, -0.2) is 4.68 Å². The summed E-state index contributed by atoms with van der Waals surface area (Å²) in [7, 11) is 0. The molecule has 24 heteroatoms. The molecule has 0 aromatic carbocycles. The molecule has 4 saturated heterocycles. The molecule has 4 fully saturated rings. The van der Waals surface area contributed by atoms with E-state index in [0.29, 0.717) is 0 Å². The van der Waals surface area contributed by atoms with E-state index >= 15 is 0 Å². The standard InChI is InChI=1S/C29H49N3O21/c1-2-46-26-20(42)16(38)14(36)10(48-26)4-32-3-9(30-31-32)8-47-27-22(44)18(40)24(12(6-34)50-27)53-29-23(45)19(41)25(13(7-35)51-29)52-28-21(43)17(39)15(37)11(5-33)49-28/h3,10-29,33-45H,2,4-8H2,1H3/t10-,11?,12?,13?,14-,15-,16+,17+,18-,19-,20+,21?,22?,23?,24-,25-,26+,27-,28-,29-/m1/s1. The van der Waals surface area contributed by atoms with Gasteiger partial charge in [-0.05, 0) is 6.92 Å². The zero-order valence-electron chi connectivity index (χ0n) is 28.3. The lowest BCUT2D eigenvalue weighted by Crippen LogP contribution is -2.66. The van der Waals surface area contributed by atoms with Crippen LogP contribution in [0.5, 0.6) is 0 Å². The van der Waals surface area contributed by atoms with Gasteiger partial charge in [-0.15, -0.1) is 5.10 Å². The molecule has 6 unspecified atom stereocenters. The summed E-state index contributed by atoms with van der Waals surface area (Å²) in [5.41, 5.74) is 0.185. The largest absolute Gasteiger partial charge is 0.394 e. The monoisotopic (exact) mass is 775 g/mol. The fourth-order valence-electron chi connectivity index (χ4n) is 6.40. The fraction of sp³-hybridized carbons (Fsp3) is 0.931. The minimum absolute atomic E-state index is 0.115. The van der Waals surface area contributed by atoms with Crippen LogP contribution in [0.25, 0.3) is 0 Å². The van der Waals surface area contributed by atoms with Gasteiger partial charge in [0.1, 0.15) is 103 Å². The number of aliphatic hydroxyl groups excluding tert-OH is 13. The second kappa shape index (κ2) is 18.5. The van der Waals surface area contributed by atoms with E-state index in [2.05, 4.69) is 10.3 Å². The average molecular weight is 776 g/mol. The van der Waals surface area contributed by atoms with Crippen molar-refractivity contribution in [2.45, 2.75) is 143 Å². The van der Waals surface area contributed by atoms with E-state index in [1.165, 1.54) is 10.9 Å². The Balaban J connectivity index is 1.16. The number of rotatable bonds is 14. The third kappa shape index (κ3) is 9.14. The van der Waals surface area contributed by atoms with Crippen molar-refractivity contribution in [1.29, 1.82) is 0 Å². The Hall–Kier alpha value is -1.70. The number of nitrogens with zero attached hydrogens (tertiary/aromatic N) is 3. The van der Waals surface area contributed by atoms with Crippen molar-refractivity contribution in [2.24, 2.45) is 0 Å². The first-order valence-electron chi connectivity index (χ1n) is 16.9. The zero-order valence-corrected chi connectivity index (χ0v) is 28.3. The van der Waals surface area contributed by atoms with Crippen molar-refractivity contribution >= 4 is 0 Å². The lowest BCUT2D eigenvalue weighted by atomic mass is 9.96. The molecule has 0 bridgehead atoms.